The van der Waals surface area contributed by atoms with Crippen LogP contribution in [0, 0.1) is 27.7 Å². The van der Waals surface area contributed by atoms with Crippen molar-refractivity contribution in [3.63, 3.8) is 0 Å². The molecule has 340 valence electrons. The molecule has 6 rings (SSSR count). The quantitative estimate of drug-likeness (QED) is 0.0651. The van der Waals surface area contributed by atoms with Crippen molar-refractivity contribution in [2.75, 3.05) is 21.7 Å². The number of para-hydroxylation sites is 2. The summed E-state index contributed by atoms with van der Waals surface area (Å²) in [5, 5.41) is 8.99. The van der Waals surface area contributed by atoms with Crippen LogP contribution in [0.4, 0.5) is 32.3 Å². The summed E-state index contributed by atoms with van der Waals surface area (Å²) in [4.78, 5) is 47.6. The van der Waals surface area contributed by atoms with Gasteiger partial charge in [0.15, 0.2) is 12.2 Å². The normalized spacial score (nSPS) is 11.2. The lowest BCUT2D eigenvalue weighted by Gasteiger charge is -2.19. The van der Waals surface area contributed by atoms with Gasteiger partial charge in [0.25, 0.3) is 11.8 Å². The van der Waals surface area contributed by atoms with Crippen molar-refractivity contribution >= 4 is 80.9 Å². The van der Waals surface area contributed by atoms with Crippen LogP contribution in [0.1, 0.15) is 48.9 Å². The van der Waals surface area contributed by atoms with E-state index < -0.39 is 23.7 Å². The number of anilines is 4. The fourth-order valence-corrected chi connectivity index (χ4v) is 6.26. The zero-order valence-electron chi connectivity index (χ0n) is 36.7. The number of halogens is 3. The van der Waals surface area contributed by atoms with Crippen molar-refractivity contribution in [1.29, 1.82) is 0 Å². The zero-order valence-corrected chi connectivity index (χ0v) is 39.0. The highest BCUT2D eigenvalue weighted by Crippen LogP contribution is 2.28. The van der Waals surface area contributed by atoms with Crippen LogP contribution in [0.5, 0.6) is 23.0 Å². The molecule has 3 amide bonds. The topological polar surface area (TPSA) is 167 Å². The number of nitrogens with one attached hydrogen (secondary N) is 3. The summed E-state index contributed by atoms with van der Waals surface area (Å²) >= 11 is 17.0. The number of hydrogen-bond donors (Lipinski definition) is 4. The van der Waals surface area contributed by atoms with Crippen LogP contribution in [-0.4, -0.2) is 35.5 Å². The second-order valence-corrected chi connectivity index (χ2v) is 15.6. The van der Waals surface area contributed by atoms with E-state index in [2.05, 4.69) is 20.7 Å². The van der Waals surface area contributed by atoms with Gasteiger partial charge in [0.2, 0.25) is 0 Å². The molecule has 0 aliphatic rings. The summed E-state index contributed by atoms with van der Waals surface area (Å²) in [5.74, 6) is 1.73. The smallest absolute Gasteiger partial charge is 0.417 e. The first-order valence-electron chi connectivity index (χ1n) is 20.4. The number of carbonyl (C=O) groups excluding carboxylic acids is 4. The van der Waals surface area contributed by atoms with Crippen LogP contribution in [0.2, 0.25) is 10.0 Å². The van der Waals surface area contributed by atoms with Crippen LogP contribution in [-0.2, 0) is 9.59 Å². The van der Waals surface area contributed by atoms with E-state index in [0.29, 0.717) is 68.6 Å². The summed E-state index contributed by atoms with van der Waals surface area (Å²) in [6.45, 7) is 11.7. The van der Waals surface area contributed by atoms with Crippen molar-refractivity contribution in [2.24, 2.45) is 0 Å². The Morgan fingerprint density at radius 2 is 1.00 bits per heavy atom. The third kappa shape index (κ3) is 17.1. The van der Waals surface area contributed by atoms with Gasteiger partial charge in [0.05, 0.1) is 21.4 Å². The zero-order chi connectivity index (χ0) is 47.5. The SMILES string of the molecule is CCC(Oc1ccc(C)cc1C)C(=O)Nc1ccc(Cl)c(N)c1.CCC(Oc1ccc(C)cc1C)C(=O)Nc1ccc(Cl)c(NC(=O)Oc2ccccc2)c1.O=C(Cl)Oc1ccccc1. The number of carbonyl (C=O) groups is 4. The molecule has 65 heavy (non-hydrogen) atoms. The van der Waals surface area contributed by atoms with Crippen molar-refractivity contribution in [1.82, 2.24) is 0 Å². The molecular weight excluding hydrogens is 891 g/mol. The van der Waals surface area contributed by atoms with E-state index >= 15 is 0 Å². The van der Waals surface area contributed by atoms with Gasteiger partial charge in [-0.1, -0.05) is 109 Å². The van der Waals surface area contributed by atoms with E-state index in [9.17, 15) is 19.2 Å². The maximum Gasteiger partial charge on any atom is 0.417 e. The Morgan fingerprint density at radius 3 is 1.43 bits per heavy atom. The monoisotopic (exact) mass is 940 g/mol. The average molecular weight is 942 g/mol. The average Bonchev–Trinajstić information content (AvgIpc) is 3.26. The van der Waals surface area contributed by atoms with Gasteiger partial charge in [-0.2, -0.15) is 0 Å². The first-order chi connectivity index (χ1) is 31.0. The maximum absolute atomic E-state index is 12.8. The molecule has 0 heterocycles. The molecule has 15 heteroatoms. The highest BCUT2D eigenvalue weighted by Gasteiger charge is 2.21. The molecule has 2 unspecified atom stereocenters. The van der Waals surface area contributed by atoms with Crippen molar-refractivity contribution in [2.45, 2.75) is 66.6 Å². The summed E-state index contributed by atoms with van der Waals surface area (Å²) in [6.07, 6.45) is -0.894. The molecule has 0 saturated heterocycles. The molecule has 6 aromatic carbocycles. The number of amides is 3. The van der Waals surface area contributed by atoms with E-state index in [1.807, 2.05) is 90.1 Å². The molecule has 0 spiro atoms. The molecule has 0 radical (unpaired) electrons. The number of hydrogen-bond acceptors (Lipinski definition) is 9. The maximum atomic E-state index is 12.8. The standard InChI is InChI=1S/C25H25ClN2O4.C18H21ClN2O2.C7H5ClO2/c1-4-22(32-23-13-10-16(2)14-17(23)3)24(29)27-18-11-12-20(26)21(15-18)28-25(30)31-19-8-6-5-7-9-19;1-4-16(23-17-8-5-11(2)9-12(17)3)18(22)21-13-6-7-14(19)15(20)10-13;8-7(9)10-6-4-2-1-3-5-6/h5-15,22H,4H2,1-3H3,(H,27,29)(H,28,30);5-10,16H,4,20H2,1-3H3,(H,21,22);1-5H. The van der Waals surface area contributed by atoms with Gasteiger partial charge in [0.1, 0.15) is 23.0 Å². The van der Waals surface area contributed by atoms with Crippen LogP contribution >= 0.6 is 34.8 Å². The Kier molecular flexibility index (Phi) is 20.0. The summed E-state index contributed by atoms with van der Waals surface area (Å²) in [5.41, 5.74) is 11.0. The Morgan fingerprint density at radius 1 is 0.554 bits per heavy atom. The number of benzene rings is 6. The summed E-state index contributed by atoms with van der Waals surface area (Å²) in [6, 6.07) is 38.8. The first kappa shape index (κ1) is 50.9. The largest absolute Gasteiger partial charge is 0.480 e. The van der Waals surface area contributed by atoms with Crippen LogP contribution in [0.25, 0.3) is 0 Å². The minimum absolute atomic E-state index is 0.214. The fourth-order valence-electron chi connectivity index (χ4n) is 5.89. The third-order valence-electron chi connectivity index (χ3n) is 9.15. The van der Waals surface area contributed by atoms with Crippen molar-refractivity contribution < 1.29 is 38.1 Å². The minimum atomic E-state index is -0.814. The van der Waals surface area contributed by atoms with Crippen LogP contribution in [0.3, 0.4) is 0 Å². The Hall–Kier alpha value is -6.73. The molecule has 6 aromatic rings. The van der Waals surface area contributed by atoms with Gasteiger partial charge < -0.3 is 35.3 Å². The minimum Gasteiger partial charge on any atom is -0.480 e. The van der Waals surface area contributed by atoms with Gasteiger partial charge in [-0.3, -0.25) is 14.9 Å². The molecule has 12 nitrogen and oxygen atoms in total. The van der Waals surface area contributed by atoms with Crippen LogP contribution in [0.15, 0.2) is 133 Å². The van der Waals surface area contributed by atoms with E-state index in [4.69, 9.17) is 54.7 Å². The van der Waals surface area contributed by atoms with Crippen LogP contribution < -0.4 is 40.6 Å². The number of nitrogens with two attached hydrogens (primary N) is 1. The molecule has 0 aliphatic heterocycles. The van der Waals surface area contributed by atoms with Crippen molar-refractivity contribution in [3.8, 4) is 23.0 Å². The van der Waals surface area contributed by atoms with E-state index in [1.165, 1.54) is 0 Å². The lowest BCUT2D eigenvalue weighted by molar-refractivity contribution is -0.123. The first-order valence-corrected chi connectivity index (χ1v) is 21.6. The molecular formula is C50H51Cl3N4O8. The Balaban J connectivity index is 0.000000243. The van der Waals surface area contributed by atoms with Gasteiger partial charge in [-0.15, -0.1) is 0 Å². The molecule has 0 aromatic heterocycles. The second kappa shape index (κ2) is 25.5. The lowest BCUT2D eigenvalue weighted by Crippen LogP contribution is -2.32. The van der Waals surface area contributed by atoms with Gasteiger partial charge in [-0.25, -0.2) is 9.59 Å². The third-order valence-corrected chi connectivity index (χ3v) is 9.91. The van der Waals surface area contributed by atoms with Gasteiger partial charge in [-0.05, 0) is 124 Å². The summed E-state index contributed by atoms with van der Waals surface area (Å²) in [7, 11) is 0. The number of aryl methyl sites for hydroxylation is 4. The second-order valence-electron chi connectivity index (χ2n) is 14.5. The highest BCUT2D eigenvalue weighted by atomic mass is 35.5. The van der Waals surface area contributed by atoms with E-state index in [1.54, 1.807) is 84.9 Å². The predicted octanol–water partition coefficient (Wildman–Crippen LogP) is 13.1. The lowest BCUT2D eigenvalue weighted by atomic mass is 10.1. The number of ether oxygens (including phenoxy) is 4. The molecule has 2 atom stereocenters. The molecule has 0 saturated carbocycles. The number of rotatable bonds is 13. The van der Waals surface area contributed by atoms with E-state index in [0.717, 1.165) is 22.3 Å². The molecule has 0 bridgehead atoms. The van der Waals surface area contributed by atoms with Gasteiger partial charge in [0, 0.05) is 23.0 Å². The molecule has 0 aliphatic carbocycles. The predicted molar refractivity (Wildman–Crippen MR) is 260 cm³/mol. The highest BCUT2D eigenvalue weighted by molar-refractivity contribution is 6.61. The molecule has 0 fully saturated rings. The van der Waals surface area contributed by atoms with Crippen molar-refractivity contribution in [3.05, 3.63) is 166 Å². The fraction of sp³-hybridized carbons (Fsp3) is 0.200. The van der Waals surface area contributed by atoms with Gasteiger partial charge >= 0.3 is 11.5 Å². The Bertz CT molecular complexity index is 2540. The summed E-state index contributed by atoms with van der Waals surface area (Å²) < 4.78 is 21.6. The Labute approximate surface area is 394 Å². The molecule has 5 N–H and O–H groups in total. The number of nitrogen functional groups attached to an aromatic ring is 1. The van der Waals surface area contributed by atoms with E-state index in [-0.39, 0.29) is 11.8 Å².